The largest absolute Gasteiger partial charge is 0.398 e. The van der Waals surface area contributed by atoms with Crippen molar-refractivity contribution in [1.29, 1.82) is 0 Å². The highest BCUT2D eigenvalue weighted by molar-refractivity contribution is 5.99. The SMILES string of the molecule is Nc1ccccc1C(=O)NC1(CO)CC1. The van der Waals surface area contributed by atoms with Gasteiger partial charge in [0.25, 0.3) is 5.91 Å². The van der Waals surface area contributed by atoms with E-state index in [-0.39, 0.29) is 18.1 Å². The summed E-state index contributed by atoms with van der Waals surface area (Å²) in [6.45, 7) is -0.00845. The fraction of sp³-hybridized carbons (Fsp3) is 0.364. The van der Waals surface area contributed by atoms with Gasteiger partial charge in [-0.25, -0.2) is 0 Å². The highest BCUT2D eigenvalue weighted by atomic mass is 16.3. The number of nitrogens with one attached hydrogen (secondary N) is 1. The second-order valence-electron chi connectivity index (χ2n) is 3.98. The van der Waals surface area contributed by atoms with Gasteiger partial charge in [0.15, 0.2) is 0 Å². The van der Waals surface area contributed by atoms with Crippen molar-refractivity contribution in [2.75, 3.05) is 12.3 Å². The first kappa shape index (κ1) is 9.98. The Kier molecular flexibility index (Phi) is 2.36. The molecule has 0 heterocycles. The highest BCUT2D eigenvalue weighted by Crippen LogP contribution is 2.35. The molecule has 0 aliphatic heterocycles. The van der Waals surface area contributed by atoms with Crippen LogP contribution >= 0.6 is 0 Å². The Labute approximate surface area is 88.1 Å². The molecular weight excluding hydrogens is 192 g/mol. The van der Waals surface area contributed by atoms with Gasteiger partial charge in [-0.05, 0) is 25.0 Å². The topological polar surface area (TPSA) is 75.4 Å². The first-order valence-electron chi connectivity index (χ1n) is 4.95. The van der Waals surface area contributed by atoms with Gasteiger partial charge in [0, 0.05) is 5.69 Å². The van der Waals surface area contributed by atoms with E-state index < -0.39 is 0 Å². The van der Waals surface area contributed by atoms with Crippen LogP contribution in [0.4, 0.5) is 5.69 Å². The number of hydrogen-bond donors (Lipinski definition) is 3. The van der Waals surface area contributed by atoms with E-state index in [1.807, 2.05) is 0 Å². The Morgan fingerprint density at radius 1 is 1.47 bits per heavy atom. The van der Waals surface area contributed by atoms with Gasteiger partial charge in [-0.2, -0.15) is 0 Å². The Morgan fingerprint density at radius 3 is 2.67 bits per heavy atom. The van der Waals surface area contributed by atoms with Crippen molar-refractivity contribution in [3.05, 3.63) is 29.8 Å². The predicted molar refractivity (Wildman–Crippen MR) is 57.4 cm³/mol. The minimum absolute atomic E-state index is 0.00845. The van der Waals surface area contributed by atoms with E-state index in [1.54, 1.807) is 24.3 Å². The van der Waals surface area contributed by atoms with E-state index in [2.05, 4.69) is 5.32 Å². The van der Waals surface area contributed by atoms with E-state index in [0.29, 0.717) is 11.3 Å². The third-order valence-corrected chi connectivity index (χ3v) is 2.74. The van der Waals surface area contributed by atoms with Gasteiger partial charge in [0.1, 0.15) is 0 Å². The number of amides is 1. The van der Waals surface area contributed by atoms with Gasteiger partial charge >= 0.3 is 0 Å². The molecule has 0 atom stereocenters. The molecule has 1 aromatic carbocycles. The van der Waals surface area contributed by atoms with Crippen LogP contribution in [0.2, 0.25) is 0 Å². The molecule has 1 amide bonds. The smallest absolute Gasteiger partial charge is 0.253 e. The maximum atomic E-state index is 11.8. The van der Waals surface area contributed by atoms with Gasteiger partial charge in [-0.15, -0.1) is 0 Å². The molecule has 4 nitrogen and oxygen atoms in total. The summed E-state index contributed by atoms with van der Waals surface area (Å²) in [6.07, 6.45) is 1.67. The Bertz CT molecular complexity index is 386. The van der Waals surface area contributed by atoms with Crippen molar-refractivity contribution in [2.24, 2.45) is 0 Å². The molecule has 1 fully saturated rings. The fourth-order valence-electron chi connectivity index (χ4n) is 1.49. The molecule has 0 aromatic heterocycles. The number of hydrogen-bond acceptors (Lipinski definition) is 3. The normalized spacial score (nSPS) is 17.1. The Balaban J connectivity index is 2.12. The van der Waals surface area contributed by atoms with Crippen LogP contribution in [0.25, 0.3) is 0 Å². The number of anilines is 1. The van der Waals surface area contributed by atoms with Gasteiger partial charge in [-0.1, -0.05) is 12.1 Å². The number of nitrogens with two attached hydrogens (primary N) is 1. The van der Waals surface area contributed by atoms with Crippen LogP contribution in [-0.4, -0.2) is 23.2 Å². The van der Waals surface area contributed by atoms with Crippen LogP contribution in [0.15, 0.2) is 24.3 Å². The molecule has 0 unspecified atom stereocenters. The lowest BCUT2D eigenvalue weighted by atomic mass is 10.1. The van der Waals surface area contributed by atoms with E-state index in [4.69, 9.17) is 10.8 Å². The molecule has 1 aromatic rings. The standard InChI is InChI=1S/C11H14N2O2/c12-9-4-2-1-3-8(9)10(15)13-11(7-14)5-6-11/h1-4,14H,5-7,12H2,(H,13,15). The third-order valence-electron chi connectivity index (χ3n) is 2.74. The molecule has 15 heavy (non-hydrogen) atoms. The summed E-state index contributed by atoms with van der Waals surface area (Å²) in [5, 5.41) is 11.9. The van der Waals surface area contributed by atoms with Gasteiger partial charge in [-0.3, -0.25) is 4.79 Å². The monoisotopic (exact) mass is 206 g/mol. The number of rotatable bonds is 3. The summed E-state index contributed by atoms with van der Waals surface area (Å²) in [6, 6.07) is 6.92. The second-order valence-corrected chi connectivity index (χ2v) is 3.98. The lowest BCUT2D eigenvalue weighted by Gasteiger charge is -2.14. The molecule has 1 saturated carbocycles. The Morgan fingerprint density at radius 2 is 2.13 bits per heavy atom. The van der Waals surface area contributed by atoms with Crippen LogP contribution in [0.3, 0.4) is 0 Å². The number of aliphatic hydroxyl groups excluding tert-OH is 1. The molecule has 0 spiro atoms. The van der Waals surface area contributed by atoms with E-state index in [1.165, 1.54) is 0 Å². The summed E-state index contributed by atoms with van der Waals surface area (Å²) in [5.74, 6) is -0.209. The molecule has 1 aliphatic carbocycles. The molecule has 1 aliphatic rings. The first-order valence-corrected chi connectivity index (χ1v) is 4.95. The van der Waals surface area contributed by atoms with Gasteiger partial charge in [0.05, 0.1) is 17.7 Å². The van der Waals surface area contributed by atoms with Crippen LogP contribution in [0, 0.1) is 0 Å². The number of aliphatic hydroxyl groups is 1. The highest BCUT2D eigenvalue weighted by Gasteiger charge is 2.43. The lowest BCUT2D eigenvalue weighted by Crippen LogP contribution is -2.39. The van der Waals surface area contributed by atoms with E-state index in [9.17, 15) is 4.79 Å². The van der Waals surface area contributed by atoms with Crippen LogP contribution in [0.5, 0.6) is 0 Å². The van der Waals surface area contributed by atoms with Crippen LogP contribution < -0.4 is 11.1 Å². The molecule has 0 saturated heterocycles. The van der Waals surface area contributed by atoms with Gasteiger partial charge < -0.3 is 16.2 Å². The average molecular weight is 206 g/mol. The van der Waals surface area contributed by atoms with Crippen molar-refractivity contribution in [1.82, 2.24) is 5.32 Å². The fourth-order valence-corrected chi connectivity index (χ4v) is 1.49. The zero-order chi connectivity index (χ0) is 10.9. The average Bonchev–Trinajstić information content (AvgIpc) is 2.99. The Hall–Kier alpha value is -1.55. The van der Waals surface area contributed by atoms with E-state index in [0.717, 1.165) is 12.8 Å². The second kappa shape index (κ2) is 3.55. The molecule has 0 radical (unpaired) electrons. The predicted octanol–water partition coefficient (Wildman–Crippen LogP) is 0.523. The molecule has 80 valence electrons. The van der Waals surface area contributed by atoms with E-state index >= 15 is 0 Å². The number of benzene rings is 1. The number of carbonyl (C=O) groups is 1. The molecule has 4 heteroatoms. The minimum atomic E-state index is -0.390. The molecule has 0 bridgehead atoms. The summed E-state index contributed by atoms with van der Waals surface area (Å²) < 4.78 is 0. The number of para-hydroxylation sites is 1. The quantitative estimate of drug-likeness (QED) is 0.631. The molecule has 2 rings (SSSR count). The summed E-state index contributed by atoms with van der Waals surface area (Å²) >= 11 is 0. The summed E-state index contributed by atoms with van der Waals surface area (Å²) in [7, 11) is 0. The first-order chi connectivity index (χ1) is 7.17. The lowest BCUT2D eigenvalue weighted by molar-refractivity contribution is 0.0907. The molecular formula is C11H14N2O2. The maximum Gasteiger partial charge on any atom is 0.253 e. The third kappa shape index (κ3) is 1.94. The molecule has 4 N–H and O–H groups in total. The van der Waals surface area contributed by atoms with Crippen molar-refractivity contribution in [3.8, 4) is 0 Å². The number of nitrogen functional groups attached to an aromatic ring is 1. The van der Waals surface area contributed by atoms with Crippen LogP contribution in [-0.2, 0) is 0 Å². The summed E-state index contributed by atoms with van der Waals surface area (Å²) in [4.78, 5) is 11.8. The van der Waals surface area contributed by atoms with Crippen molar-refractivity contribution in [2.45, 2.75) is 18.4 Å². The summed E-state index contributed by atoms with van der Waals surface area (Å²) in [5.41, 5.74) is 6.22. The van der Waals surface area contributed by atoms with Crippen molar-refractivity contribution < 1.29 is 9.90 Å². The maximum absolute atomic E-state index is 11.8. The van der Waals surface area contributed by atoms with Crippen molar-refractivity contribution in [3.63, 3.8) is 0 Å². The minimum Gasteiger partial charge on any atom is -0.398 e. The van der Waals surface area contributed by atoms with Crippen LogP contribution in [0.1, 0.15) is 23.2 Å². The zero-order valence-electron chi connectivity index (χ0n) is 8.36. The van der Waals surface area contributed by atoms with Crippen molar-refractivity contribution >= 4 is 11.6 Å². The number of carbonyl (C=O) groups excluding carboxylic acids is 1. The van der Waals surface area contributed by atoms with Gasteiger partial charge in [0.2, 0.25) is 0 Å². The zero-order valence-corrected chi connectivity index (χ0v) is 8.36.